The first-order valence-corrected chi connectivity index (χ1v) is 12.6. The van der Waals surface area contributed by atoms with Crippen LogP contribution in [0.3, 0.4) is 0 Å². The Morgan fingerprint density at radius 1 is 0.875 bits per heavy atom. The summed E-state index contributed by atoms with van der Waals surface area (Å²) in [5, 5.41) is 17.5. The summed E-state index contributed by atoms with van der Waals surface area (Å²) in [7, 11) is 0. The third-order valence-corrected chi connectivity index (χ3v) is 6.01. The van der Waals surface area contributed by atoms with Crippen LogP contribution >= 0.6 is 15.9 Å². The standard InChI is InChI=1S/C29H21BrN4O6/c1-18-4-2-6-21(14-18)29(37)40-26-13-10-23(30)15-22(26)17-31-33-28(36)20-5-3-7-24(16-20)32-27(35)19-8-11-25(12-9-19)34(38)39/h2-17H,1H3,(H,32,35)(H,33,36). The molecule has 0 fully saturated rings. The first-order chi connectivity index (χ1) is 19.2. The van der Waals surface area contributed by atoms with Crippen LogP contribution in [-0.4, -0.2) is 28.9 Å². The summed E-state index contributed by atoms with van der Waals surface area (Å²) in [4.78, 5) is 48.1. The fourth-order valence-electron chi connectivity index (χ4n) is 3.54. The van der Waals surface area contributed by atoms with E-state index in [1.165, 1.54) is 36.5 Å². The van der Waals surface area contributed by atoms with Crippen LogP contribution in [0.4, 0.5) is 11.4 Å². The predicted octanol–water partition coefficient (Wildman–Crippen LogP) is 5.90. The Kier molecular flexibility index (Phi) is 8.77. The molecule has 0 aliphatic rings. The number of nitro benzene ring substituents is 1. The minimum absolute atomic E-state index is 0.129. The first kappa shape index (κ1) is 27.9. The lowest BCUT2D eigenvalue weighted by molar-refractivity contribution is -0.384. The number of halogens is 1. The zero-order valence-corrected chi connectivity index (χ0v) is 22.5. The van der Waals surface area contributed by atoms with E-state index in [0.29, 0.717) is 21.3 Å². The average Bonchev–Trinajstić information content (AvgIpc) is 2.94. The van der Waals surface area contributed by atoms with Gasteiger partial charge in [-0.05, 0) is 67.6 Å². The molecule has 2 N–H and O–H groups in total. The van der Waals surface area contributed by atoms with Crippen LogP contribution < -0.4 is 15.5 Å². The van der Waals surface area contributed by atoms with Crippen molar-refractivity contribution in [2.75, 3.05) is 5.32 Å². The molecule has 0 saturated carbocycles. The smallest absolute Gasteiger partial charge is 0.343 e. The van der Waals surface area contributed by atoms with Gasteiger partial charge in [0.25, 0.3) is 17.5 Å². The van der Waals surface area contributed by atoms with Gasteiger partial charge in [0.2, 0.25) is 0 Å². The number of benzene rings is 4. The molecule has 4 aromatic rings. The Hall–Kier alpha value is -5.16. The summed E-state index contributed by atoms with van der Waals surface area (Å²) in [5.41, 5.74) is 4.84. The van der Waals surface area contributed by atoms with Gasteiger partial charge in [0.15, 0.2) is 0 Å². The van der Waals surface area contributed by atoms with Gasteiger partial charge in [-0.2, -0.15) is 5.10 Å². The molecule has 11 heteroatoms. The normalized spacial score (nSPS) is 10.7. The minimum atomic E-state index is -0.554. The highest BCUT2D eigenvalue weighted by atomic mass is 79.9. The van der Waals surface area contributed by atoms with Gasteiger partial charge in [-0.3, -0.25) is 19.7 Å². The molecule has 0 heterocycles. The van der Waals surface area contributed by atoms with Gasteiger partial charge in [-0.1, -0.05) is 39.7 Å². The Labute approximate surface area is 237 Å². The predicted molar refractivity (Wildman–Crippen MR) is 153 cm³/mol. The molecule has 40 heavy (non-hydrogen) atoms. The number of esters is 1. The van der Waals surface area contributed by atoms with E-state index in [1.807, 2.05) is 13.0 Å². The molecular weight excluding hydrogens is 580 g/mol. The van der Waals surface area contributed by atoms with E-state index in [1.54, 1.807) is 54.6 Å². The molecule has 200 valence electrons. The number of hydrazone groups is 1. The third kappa shape index (κ3) is 7.23. The molecule has 0 spiro atoms. The zero-order chi connectivity index (χ0) is 28.6. The van der Waals surface area contributed by atoms with Gasteiger partial charge >= 0.3 is 5.97 Å². The molecule has 0 atom stereocenters. The SMILES string of the molecule is Cc1cccc(C(=O)Oc2ccc(Br)cc2C=NNC(=O)c2cccc(NC(=O)c3ccc([N+](=O)[O-])cc3)c2)c1. The van der Waals surface area contributed by atoms with Crippen LogP contribution in [0.1, 0.15) is 42.2 Å². The number of nitrogens with zero attached hydrogens (tertiary/aromatic N) is 2. The van der Waals surface area contributed by atoms with E-state index >= 15 is 0 Å². The summed E-state index contributed by atoms with van der Waals surface area (Å²) in [5.74, 6) is -1.31. The molecule has 0 aliphatic carbocycles. The van der Waals surface area contributed by atoms with E-state index in [0.717, 1.165) is 5.56 Å². The molecule has 0 saturated heterocycles. The van der Waals surface area contributed by atoms with E-state index in [9.17, 15) is 24.5 Å². The van der Waals surface area contributed by atoms with Crippen molar-refractivity contribution in [2.45, 2.75) is 6.92 Å². The first-order valence-electron chi connectivity index (χ1n) is 11.8. The highest BCUT2D eigenvalue weighted by molar-refractivity contribution is 9.10. The highest BCUT2D eigenvalue weighted by Crippen LogP contribution is 2.23. The maximum absolute atomic E-state index is 12.7. The number of aryl methyl sites for hydroxylation is 1. The maximum Gasteiger partial charge on any atom is 0.343 e. The van der Waals surface area contributed by atoms with Crippen molar-refractivity contribution < 1.29 is 24.0 Å². The number of ether oxygens (including phenoxy) is 1. The average molecular weight is 601 g/mol. The van der Waals surface area contributed by atoms with Gasteiger partial charge in [-0.25, -0.2) is 10.2 Å². The van der Waals surface area contributed by atoms with Crippen LogP contribution in [-0.2, 0) is 0 Å². The van der Waals surface area contributed by atoms with Crippen molar-refractivity contribution in [2.24, 2.45) is 5.10 Å². The van der Waals surface area contributed by atoms with Crippen LogP contribution in [0.25, 0.3) is 0 Å². The Morgan fingerprint density at radius 3 is 2.33 bits per heavy atom. The second kappa shape index (κ2) is 12.6. The van der Waals surface area contributed by atoms with Gasteiger partial charge < -0.3 is 10.1 Å². The van der Waals surface area contributed by atoms with Crippen molar-refractivity contribution in [1.29, 1.82) is 0 Å². The Morgan fingerprint density at radius 2 is 1.60 bits per heavy atom. The minimum Gasteiger partial charge on any atom is -0.422 e. The largest absolute Gasteiger partial charge is 0.422 e. The van der Waals surface area contributed by atoms with Crippen LogP contribution in [0.15, 0.2) is 101 Å². The second-order valence-corrected chi connectivity index (χ2v) is 9.39. The van der Waals surface area contributed by atoms with Gasteiger partial charge in [-0.15, -0.1) is 0 Å². The number of non-ortho nitro benzene ring substituents is 1. The fraction of sp³-hybridized carbons (Fsp3) is 0.0345. The van der Waals surface area contributed by atoms with Crippen molar-refractivity contribution in [3.8, 4) is 5.75 Å². The maximum atomic E-state index is 12.7. The van der Waals surface area contributed by atoms with Gasteiger partial charge in [0.05, 0.1) is 16.7 Å². The molecule has 0 aromatic heterocycles. The van der Waals surface area contributed by atoms with Crippen molar-refractivity contribution in [1.82, 2.24) is 5.43 Å². The van der Waals surface area contributed by atoms with E-state index < -0.39 is 22.7 Å². The van der Waals surface area contributed by atoms with Crippen molar-refractivity contribution >= 4 is 51.3 Å². The summed E-state index contributed by atoms with van der Waals surface area (Å²) in [6.07, 6.45) is 1.35. The molecule has 2 amide bonds. The Balaban J connectivity index is 1.42. The molecule has 4 aromatic carbocycles. The summed E-state index contributed by atoms with van der Waals surface area (Å²) in [6.45, 7) is 1.87. The zero-order valence-electron chi connectivity index (χ0n) is 21.0. The molecule has 0 bridgehead atoms. The molecule has 0 radical (unpaired) electrons. The van der Waals surface area contributed by atoms with Crippen molar-refractivity contribution in [3.63, 3.8) is 0 Å². The third-order valence-electron chi connectivity index (χ3n) is 5.52. The number of hydrogen-bond acceptors (Lipinski definition) is 7. The number of carbonyl (C=O) groups is 3. The summed E-state index contributed by atoms with van der Waals surface area (Å²) >= 11 is 3.37. The number of nitro groups is 1. The van der Waals surface area contributed by atoms with Gasteiger partial charge in [0.1, 0.15) is 5.75 Å². The molecule has 0 unspecified atom stereocenters. The number of anilines is 1. The highest BCUT2D eigenvalue weighted by Gasteiger charge is 2.13. The van der Waals surface area contributed by atoms with E-state index in [-0.39, 0.29) is 22.6 Å². The lowest BCUT2D eigenvalue weighted by Crippen LogP contribution is -2.18. The molecular formula is C29H21BrN4O6. The lowest BCUT2D eigenvalue weighted by Gasteiger charge is -2.09. The number of hydrogen-bond donors (Lipinski definition) is 2. The summed E-state index contributed by atoms with van der Waals surface area (Å²) < 4.78 is 6.27. The van der Waals surface area contributed by atoms with Gasteiger partial charge in [0, 0.05) is 39.0 Å². The monoisotopic (exact) mass is 600 g/mol. The van der Waals surface area contributed by atoms with Crippen LogP contribution in [0, 0.1) is 17.0 Å². The summed E-state index contributed by atoms with van der Waals surface area (Å²) in [6, 6.07) is 23.4. The molecule has 0 aliphatic heterocycles. The van der Waals surface area contributed by atoms with Crippen LogP contribution in [0.5, 0.6) is 5.75 Å². The van der Waals surface area contributed by atoms with Crippen LogP contribution in [0.2, 0.25) is 0 Å². The van der Waals surface area contributed by atoms with E-state index in [2.05, 4.69) is 31.8 Å². The van der Waals surface area contributed by atoms with E-state index in [4.69, 9.17) is 4.74 Å². The number of rotatable bonds is 8. The Bertz CT molecular complexity index is 1640. The number of nitrogens with one attached hydrogen (secondary N) is 2. The molecule has 4 rings (SSSR count). The lowest BCUT2D eigenvalue weighted by atomic mass is 10.1. The fourth-order valence-corrected chi connectivity index (χ4v) is 3.92. The van der Waals surface area contributed by atoms with Crippen molar-refractivity contribution in [3.05, 3.63) is 133 Å². The second-order valence-electron chi connectivity index (χ2n) is 8.48. The number of amides is 2. The topological polar surface area (TPSA) is 140 Å². The molecule has 10 nitrogen and oxygen atoms in total. The quantitative estimate of drug-likeness (QED) is 0.0848. The number of carbonyl (C=O) groups excluding carboxylic acids is 3.